The third-order valence-corrected chi connectivity index (χ3v) is 6.62. The van der Waals surface area contributed by atoms with E-state index in [1.807, 2.05) is 7.05 Å². The molecule has 3 aromatic rings. The first kappa shape index (κ1) is 24.6. The molecule has 1 saturated heterocycles. The Balaban J connectivity index is 1.32. The number of benzene rings is 2. The van der Waals surface area contributed by atoms with Gasteiger partial charge in [-0.1, -0.05) is 12.1 Å². The Kier molecular flexibility index (Phi) is 7.90. The first-order valence-corrected chi connectivity index (χ1v) is 12.2. The van der Waals surface area contributed by atoms with Crippen LogP contribution in [0.1, 0.15) is 37.7 Å². The second kappa shape index (κ2) is 11.3. The van der Waals surface area contributed by atoms with Crippen LogP contribution in [0, 0.1) is 0 Å². The standard InChI is InChI=1S/C27H34N4O4/c1-29(18-20-9-11-21(12-10-20)30-13-5-4-6-14-30)26(32)8-7-15-31-19-28-23-17-25(35-3)24(34-2)16-22(23)27(31)33/h9-12,16-17,19H,4-8,13-15,18H2,1-3H3. The van der Waals surface area contributed by atoms with Gasteiger partial charge in [-0.2, -0.15) is 0 Å². The first-order chi connectivity index (χ1) is 17.0. The molecule has 1 aromatic heterocycles. The maximum atomic E-state index is 12.9. The lowest BCUT2D eigenvalue weighted by atomic mass is 10.1. The Hall–Kier alpha value is -3.55. The molecular weight excluding hydrogens is 444 g/mol. The highest BCUT2D eigenvalue weighted by atomic mass is 16.5. The Labute approximate surface area is 206 Å². The molecule has 0 bridgehead atoms. The number of carbonyl (C=O) groups is 1. The number of fused-ring (bicyclic) bond motifs is 1. The molecule has 0 N–H and O–H groups in total. The van der Waals surface area contributed by atoms with E-state index in [2.05, 4.69) is 34.1 Å². The number of ether oxygens (including phenoxy) is 2. The summed E-state index contributed by atoms with van der Waals surface area (Å²) in [5, 5.41) is 0.460. The lowest BCUT2D eigenvalue weighted by molar-refractivity contribution is -0.130. The molecular formula is C27H34N4O4. The first-order valence-electron chi connectivity index (χ1n) is 12.2. The van der Waals surface area contributed by atoms with Gasteiger partial charge in [-0.15, -0.1) is 0 Å². The second-order valence-corrected chi connectivity index (χ2v) is 9.03. The summed E-state index contributed by atoms with van der Waals surface area (Å²) in [4.78, 5) is 34.2. The zero-order chi connectivity index (χ0) is 24.8. The SMILES string of the molecule is COc1cc2ncn(CCCC(=O)N(C)Cc3ccc(N4CCCCC4)cc3)c(=O)c2cc1OC. The van der Waals surface area contributed by atoms with Crippen LogP contribution in [0.2, 0.25) is 0 Å². The van der Waals surface area contributed by atoms with Crippen LogP contribution in [0.3, 0.4) is 0 Å². The summed E-state index contributed by atoms with van der Waals surface area (Å²) in [6.45, 7) is 3.23. The highest BCUT2D eigenvalue weighted by Crippen LogP contribution is 2.29. The number of nitrogens with zero attached hydrogens (tertiary/aromatic N) is 4. The summed E-state index contributed by atoms with van der Waals surface area (Å²) in [5.74, 6) is 1.06. The van der Waals surface area contributed by atoms with Gasteiger partial charge in [-0.3, -0.25) is 14.2 Å². The van der Waals surface area contributed by atoms with Crippen molar-refractivity contribution in [3.63, 3.8) is 0 Å². The van der Waals surface area contributed by atoms with Crippen molar-refractivity contribution in [2.45, 2.75) is 45.2 Å². The van der Waals surface area contributed by atoms with Crippen molar-refractivity contribution in [1.29, 1.82) is 0 Å². The third-order valence-electron chi connectivity index (χ3n) is 6.62. The van der Waals surface area contributed by atoms with E-state index < -0.39 is 0 Å². The summed E-state index contributed by atoms with van der Waals surface area (Å²) >= 11 is 0. The maximum absolute atomic E-state index is 12.9. The number of amides is 1. The topological polar surface area (TPSA) is 76.9 Å². The molecule has 186 valence electrons. The van der Waals surface area contributed by atoms with Gasteiger partial charge in [0.25, 0.3) is 5.56 Å². The highest BCUT2D eigenvalue weighted by molar-refractivity contribution is 5.81. The van der Waals surface area contributed by atoms with E-state index in [1.54, 1.807) is 28.7 Å². The van der Waals surface area contributed by atoms with E-state index >= 15 is 0 Å². The molecule has 0 unspecified atom stereocenters. The summed E-state index contributed by atoms with van der Waals surface area (Å²) in [6.07, 6.45) is 6.26. The number of hydrogen-bond donors (Lipinski definition) is 0. The number of aromatic nitrogens is 2. The van der Waals surface area contributed by atoms with Crippen LogP contribution < -0.4 is 19.9 Å². The monoisotopic (exact) mass is 478 g/mol. The Morgan fingerprint density at radius 3 is 2.40 bits per heavy atom. The molecule has 0 spiro atoms. The molecule has 0 radical (unpaired) electrons. The fourth-order valence-electron chi connectivity index (χ4n) is 4.56. The zero-order valence-corrected chi connectivity index (χ0v) is 20.8. The molecule has 8 nitrogen and oxygen atoms in total. The molecule has 1 aliphatic rings. The van der Waals surface area contributed by atoms with Gasteiger partial charge in [0.1, 0.15) is 0 Å². The lowest BCUT2D eigenvalue weighted by Crippen LogP contribution is -2.29. The number of carbonyl (C=O) groups excluding carboxylic acids is 1. The van der Waals surface area contributed by atoms with Crippen LogP contribution in [-0.2, 0) is 17.9 Å². The molecule has 0 aliphatic carbocycles. The predicted molar refractivity (Wildman–Crippen MR) is 137 cm³/mol. The Morgan fingerprint density at radius 1 is 1.03 bits per heavy atom. The maximum Gasteiger partial charge on any atom is 0.261 e. The second-order valence-electron chi connectivity index (χ2n) is 9.03. The van der Waals surface area contributed by atoms with Gasteiger partial charge in [-0.25, -0.2) is 4.98 Å². The molecule has 1 amide bonds. The molecule has 35 heavy (non-hydrogen) atoms. The molecule has 4 rings (SSSR count). The number of rotatable bonds is 9. The Morgan fingerprint density at radius 2 is 1.71 bits per heavy atom. The molecule has 0 atom stereocenters. The summed E-state index contributed by atoms with van der Waals surface area (Å²) in [5.41, 5.74) is 2.76. The fourth-order valence-corrected chi connectivity index (χ4v) is 4.56. The van der Waals surface area contributed by atoms with Crippen LogP contribution in [-0.4, -0.2) is 54.7 Å². The summed E-state index contributed by atoms with van der Waals surface area (Å²) in [7, 11) is 4.90. The normalized spacial score (nSPS) is 13.6. The van der Waals surface area contributed by atoms with Crippen LogP contribution >= 0.6 is 0 Å². The van der Waals surface area contributed by atoms with Gasteiger partial charge in [0.15, 0.2) is 11.5 Å². The molecule has 2 aromatic carbocycles. The van der Waals surface area contributed by atoms with E-state index in [1.165, 1.54) is 38.4 Å². The summed E-state index contributed by atoms with van der Waals surface area (Å²) < 4.78 is 12.1. The fraction of sp³-hybridized carbons (Fsp3) is 0.444. The molecule has 0 saturated carbocycles. The van der Waals surface area contributed by atoms with Crippen LogP contribution in [0.15, 0.2) is 47.5 Å². The summed E-state index contributed by atoms with van der Waals surface area (Å²) in [6, 6.07) is 11.9. The number of anilines is 1. The zero-order valence-electron chi connectivity index (χ0n) is 20.8. The average Bonchev–Trinajstić information content (AvgIpc) is 2.90. The number of piperidine rings is 1. The van der Waals surface area contributed by atoms with Gasteiger partial charge in [-0.05, 0) is 49.4 Å². The number of methoxy groups -OCH3 is 2. The Bertz CT molecular complexity index is 1220. The quantitative estimate of drug-likeness (QED) is 0.465. The van der Waals surface area contributed by atoms with E-state index in [4.69, 9.17) is 9.47 Å². The molecule has 1 aliphatic heterocycles. The van der Waals surface area contributed by atoms with Crippen molar-refractivity contribution >= 4 is 22.5 Å². The van der Waals surface area contributed by atoms with Crippen molar-refractivity contribution in [2.24, 2.45) is 0 Å². The van der Waals surface area contributed by atoms with Crippen molar-refractivity contribution in [3.8, 4) is 11.5 Å². The van der Waals surface area contributed by atoms with Gasteiger partial charge < -0.3 is 19.3 Å². The van der Waals surface area contributed by atoms with Crippen LogP contribution in [0.5, 0.6) is 11.5 Å². The minimum absolute atomic E-state index is 0.0540. The molecule has 2 heterocycles. The van der Waals surface area contributed by atoms with Gasteiger partial charge in [0, 0.05) is 51.4 Å². The van der Waals surface area contributed by atoms with Crippen LogP contribution in [0.25, 0.3) is 10.9 Å². The van der Waals surface area contributed by atoms with Crippen molar-refractivity contribution in [3.05, 3.63) is 58.6 Å². The third kappa shape index (κ3) is 5.75. The lowest BCUT2D eigenvalue weighted by Gasteiger charge is -2.29. The van der Waals surface area contributed by atoms with Crippen molar-refractivity contribution < 1.29 is 14.3 Å². The van der Waals surface area contributed by atoms with E-state index in [0.29, 0.717) is 48.3 Å². The number of hydrogen-bond acceptors (Lipinski definition) is 6. The van der Waals surface area contributed by atoms with Gasteiger partial charge >= 0.3 is 0 Å². The van der Waals surface area contributed by atoms with Crippen LogP contribution in [0.4, 0.5) is 5.69 Å². The van der Waals surface area contributed by atoms with Gasteiger partial charge in [0.2, 0.25) is 5.91 Å². The number of aryl methyl sites for hydroxylation is 1. The van der Waals surface area contributed by atoms with Crippen molar-refractivity contribution in [1.82, 2.24) is 14.5 Å². The molecule has 8 heteroatoms. The highest BCUT2D eigenvalue weighted by Gasteiger charge is 2.14. The predicted octanol–water partition coefficient (Wildman–Crippen LogP) is 3.84. The van der Waals surface area contributed by atoms with E-state index in [0.717, 1.165) is 18.7 Å². The van der Waals surface area contributed by atoms with E-state index in [-0.39, 0.29) is 11.5 Å². The largest absolute Gasteiger partial charge is 0.493 e. The van der Waals surface area contributed by atoms with Gasteiger partial charge in [0.05, 0.1) is 31.4 Å². The minimum atomic E-state index is -0.162. The molecule has 1 fully saturated rings. The smallest absolute Gasteiger partial charge is 0.261 e. The van der Waals surface area contributed by atoms with Crippen molar-refractivity contribution in [2.75, 3.05) is 39.3 Å². The minimum Gasteiger partial charge on any atom is -0.493 e. The average molecular weight is 479 g/mol. The van der Waals surface area contributed by atoms with E-state index in [9.17, 15) is 9.59 Å².